The van der Waals surface area contributed by atoms with Crippen LogP contribution in [0.5, 0.6) is 0 Å². The normalized spacial score (nSPS) is 25.2. The van der Waals surface area contributed by atoms with Crippen molar-refractivity contribution in [3.63, 3.8) is 0 Å². The molecule has 1 N–H and O–H groups in total. The number of hydrogen-bond donors (Lipinski definition) is 1. The number of ether oxygens (including phenoxy) is 1. The molecule has 2 atom stereocenters. The van der Waals surface area contributed by atoms with Crippen molar-refractivity contribution in [1.82, 2.24) is 20.2 Å². The van der Waals surface area contributed by atoms with Gasteiger partial charge < -0.3 is 14.7 Å². The van der Waals surface area contributed by atoms with Crippen molar-refractivity contribution >= 4 is 5.95 Å². The second kappa shape index (κ2) is 6.38. The zero-order valence-electron chi connectivity index (χ0n) is 14.8. The average Bonchev–Trinajstić information content (AvgIpc) is 3.12. The standard InChI is InChI=1S/C18H25N5O2/c1-3-25-16-12-15(24)18(16)8-10-22(11-9-18)17-19-20-21-23(17)14-6-4-13(2)5-7-14/h4-7,15-16,24H,3,8-12H2,1-2H3. The average molecular weight is 343 g/mol. The van der Waals surface area contributed by atoms with E-state index in [1.165, 1.54) is 5.56 Å². The number of benzene rings is 1. The molecule has 2 aromatic rings. The maximum absolute atomic E-state index is 10.4. The minimum Gasteiger partial charge on any atom is -0.392 e. The van der Waals surface area contributed by atoms with Crippen LogP contribution in [0, 0.1) is 12.3 Å². The summed E-state index contributed by atoms with van der Waals surface area (Å²) in [6.45, 7) is 6.44. The second-order valence-corrected chi connectivity index (χ2v) is 7.14. The number of aliphatic hydroxyl groups excluding tert-OH is 1. The topological polar surface area (TPSA) is 76.3 Å². The molecule has 4 rings (SSSR count). The van der Waals surface area contributed by atoms with Crippen molar-refractivity contribution < 1.29 is 9.84 Å². The van der Waals surface area contributed by atoms with E-state index < -0.39 is 0 Å². The molecular weight excluding hydrogens is 318 g/mol. The molecular formula is C18H25N5O2. The number of hydrogen-bond acceptors (Lipinski definition) is 6. The summed E-state index contributed by atoms with van der Waals surface area (Å²) in [5, 5.41) is 22.6. The first-order valence-corrected chi connectivity index (χ1v) is 9.04. The number of aromatic nitrogens is 4. The zero-order chi connectivity index (χ0) is 17.4. The highest BCUT2D eigenvalue weighted by Crippen LogP contribution is 2.51. The summed E-state index contributed by atoms with van der Waals surface area (Å²) < 4.78 is 7.63. The van der Waals surface area contributed by atoms with E-state index in [0.29, 0.717) is 6.61 Å². The van der Waals surface area contributed by atoms with Crippen molar-refractivity contribution in [2.75, 3.05) is 24.6 Å². The van der Waals surface area contributed by atoms with Gasteiger partial charge in [0, 0.05) is 31.5 Å². The first-order valence-electron chi connectivity index (χ1n) is 9.04. The molecule has 1 saturated carbocycles. The van der Waals surface area contributed by atoms with Gasteiger partial charge in [-0.3, -0.25) is 0 Å². The summed E-state index contributed by atoms with van der Waals surface area (Å²) in [5.74, 6) is 0.764. The van der Waals surface area contributed by atoms with Crippen LogP contribution in [0.2, 0.25) is 0 Å². The number of aryl methyl sites for hydroxylation is 1. The summed E-state index contributed by atoms with van der Waals surface area (Å²) in [4.78, 5) is 2.21. The SMILES string of the molecule is CCOC1CC(O)C12CCN(c1nnnn1-c1ccc(C)cc1)CC2. The first-order chi connectivity index (χ1) is 12.1. The lowest BCUT2D eigenvalue weighted by atomic mass is 9.58. The number of anilines is 1. The first kappa shape index (κ1) is 16.5. The Labute approximate surface area is 147 Å². The molecule has 1 aromatic heterocycles. The summed E-state index contributed by atoms with van der Waals surface area (Å²) in [5.41, 5.74) is 2.08. The Bertz CT molecular complexity index is 719. The molecule has 1 saturated heterocycles. The van der Waals surface area contributed by atoms with Crippen LogP contribution in [0.4, 0.5) is 5.95 Å². The van der Waals surface area contributed by atoms with Gasteiger partial charge in [0.05, 0.1) is 17.9 Å². The summed E-state index contributed by atoms with van der Waals surface area (Å²) in [6, 6.07) is 8.18. The van der Waals surface area contributed by atoms with Gasteiger partial charge in [0.15, 0.2) is 0 Å². The van der Waals surface area contributed by atoms with E-state index in [0.717, 1.165) is 44.0 Å². The van der Waals surface area contributed by atoms with Gasteiger partial charge in [-0.05, 0) is 49.2 Å². The van der Waals surface area contributed by atoms with E-state index in [2.05, 4.69) is 39.5 Å². The smallest absolute Gasteiger partial charge is 0.250 e. The number of rotatable bonds is 4. The van der Waals surface area contributed by atoms with Gasteiger partial charge in [-0.1, -0.05) is 22.8 Å². The summed E-state index contributed by atoms with van der Waals surface area (Å²) in [6.07, 6.45) is 2.50. The summed E-state index contributed by atoms with van der Waals surface area (Å²) in [7, 11) is 0. The van der Waals surface area contributed by atoms with Crippen molar-refractivity contribution in [1.29, 1.82) is 0 Å². The molecule has 1 aliphatic heterocycles. The third-order valence-electron chi connectivity index (χ3n) is 5.82. The minimum atomic E-state index is -0.251. The maximum Gasteiger partial charge on any atom is 0.250 e. The molecule has 134 valence electrons. The predicted octanol–water partition coefficient (Wildman–Crippen LogP) is 1.73. The van der Waals surface area contributed by atoms with Gasteiger partial charge >= 0.3 is 0 Å². The fourth-order valence-corrected chi connectivity index (χ4v) is 4.17. The summed E-state index contributed by atoms with van der Waals surface area (Å²) >= 11 is 0. The molecule has 7 heteroatoms. The fraction of sp³-hybridized carbons (Fsp3) is 0.611. The minimum absolute atomic E-state index is 0.0886. The van der Waals surface area contributed by atoms with Gasteiger partial charge in [0.2, 0.25) is 5.95 Å². The number of aliphatic hydroxyl groups is 1. The Morgan fingerprint density at radius 1 is 1.24 bits per heavy atom. The fourth-order valence-electron chi connectivity index (χ4n) is 4.17. The van der Waals surface area contributed by atoms with Crippen LogP contribution in [0.3, 0.4) is 0 Å². The number of nitrogens with zero attached hydrogens (tertiary/aromatic N) is 5. The zero-order valence-corrected chi connectivity index (χ0v) is 14.8. The largest absolute Gasteiger partial charge is 0.392 e. The van der Waals surface area contributed by atoms with Crippen LogP contribution in [0.15, 0.2) is 24.3 Å². The van der Waals surface area contributed by atoms with Crippen LogP contribution in [0.1, 0.15) is 31.7 Å². The monoisotopic (exact) mass is 343 g/mol. The maximum atomic E-state index is 10.4. The highest BCUT2D eigenvalue weighted by atomic mass is 16.5. The predicted molar refractivity (Wildman–Crippen MR) is 93.8 cm³/mol. The molecule has 2 fully saturated rings. The van der Waals surface area contributed by atoms with Crippen LogP contribution < -0.4 is 4.90 Å². The van der Waals surface area contributed by atoms with Crippen molar-refractivity contribution in [3.8, 4) is 5.69 Å². The van der Waals surface area contributed by atoms with Gasteiger partial charge in [0.1, 0.15) is 0 Å². The van der Waals surface area contributed by atoms with Crippen molar-refractivity contribution in [3.05, 3.63) is 29.8 Å². The molecule has 1 spiro atoms. The van der Waals surface area contributed by atoms with Gasteiger partial charge in [0.25, 0.3) is 0 Å². The second-order valence-electron chi connectivity index (χ2n) is 7.14. The van der Waals surface area contributed by atoms with Crippen molar-refractivity contribution in [2.45, 2.75) is 45.3 Å². The Morgan fingerprint density at radius 2 is 1.96 bits per heavy atom. The molecule has 7 nitrogen and oxygen atoms in total. The van der Waals surface area contributed by atoms with Crippen LogP contribution in [-0.4, -0.2) is 57.2 Å². The van der Waals surface area contributed by atoms with Crippen LogP contribution in [0.25, 0.3) is 5.69 Å². The Hall–Kier alpha value is -1.99. The molecule has 0 amide bonds. The highest BCUT2D eigenvalue weighted by molar-refractivity contribution is 5.42. The van der Waals surface area contributed by atoms with E-state index in [4.69, 9.17) is 4.74 Å². The third-order valence-corrected chi connectivity index (χ3v) is 5.82. The van der Waals surface area contributed by atoms with E-state index >= 15 is 0 Å². The Kier molecular flexibility index (Phi) is 4.21. The van der Waals surface area contributed by atoms with Gasteiger partial charge in [-0.15, -0.1) is 0 Å². The van der Waals surface area contributed by atoms with E-state index in [-0.39, 0.29) is 17.6 Å². The Morgan fingerprint density at radius 3 is 2.60 bits per heavy atom. The lowest BCUT2D eigenvalue weighted by Gasteiger charge is -2.56. The Balaban J connectivity index is 1.50. The van der Waals surface area contributed by atoms with Gasteiger partial charge in [-0.2, -0.15) is 4.68 Å². The molecule has 1 aliphatic carbocycles. The quantitative estimate of drug-likeness (QED) is 0.911. The van der Waals surface area contributed by atoms with E-state index in [1.54, 1.807) is 4.68 Å². The number of piperidine rings is 1. The molecule has 2 unspecified atom stereocenters. The highest BCUT2D eigenvalue weighted by Gasteiger charge is 2.56. The molecule has 25 heavy (non-hydrogen) atoms. The lowest BCUT2D eigenvalue weighted by molar-refractivity contribution is -0.199. The van der Waals surface area contributed by atoms with Gasteiger partial charge in [-0.25, -0.2) is 0 Å². The molecule has 2 heterocycles. The van der Waals surface area contributed by atoms with Crippen LogP contribution in [-0.2, 0) is 4.74 Å². The van der Waals surface area contributed by atoms with Crippen molar-refractivity contribution in [2.24, 2.45) is 5.41 Å². The molecule has 2 aliphatic rings. The third kappa shape index (κ3) is 2.71. The lowest BCUT2D eigenvalue weighted by Crippen LogP contribution is -2.62. The number of tetrazole rings is 1. The van der Waals surface area contributed by atoms with Crippen LogP contribution >= 0.6 is 0 Å². The molecule has 1 aromatic carbocycles. The molecule has 0 bridgehead atoms. The molecule has 0 radical (unpaired) electrons. The van der Waals surface area contributed by atoms with E-state index in [1.807, 2.05) is 19.1 Å². The van der Waals surface area contributed by atoms with E-state index in [9.17, 15) is 5.11 Å².